The summed E-state index contributed by atoms with van der Waals surface area (Å²) >= 11 is 0. The second-order valence-electron chi connectivity index (χ2n) is 8.71. The third-order valence-electron chi connectivity index (χ3n) is 4.21. The fourth-order valence-corrected chi connectivity index (χ4v) is 3.32. The van der Waals surface area contributed by atoms with Crippen molar-refractivity contribution >= 4 is 0 Å². The van der Waals surface area contributed by atoms with Crippen LogP contribution in [0, 0.1) is 5.92 Å². The minimum absolute atomic E-state index is 0.0612. The molecule has 0 aromatic heterocycles. The molecule has 0 N–H and O–H groups in total. The summed E-state index contributed by atoms with van der Waals surface area (Å²) < 4.78 is 31.3. The fourth-order valence-electron chi connectivity index (χ4n) is 3.32. The molecule has 26 heavy (non-hydrogen) atoms. The molecule has 0 amide bonds. The van der Waals surface area contributed by atoms with Gasteiger partial charge in [0, 0.05) is 0 Å². The van der Waals surface area contributed by atoms with Crippen molar-refractivity contribution in [2.75, 3.05) is 6.61 Å². The van der Waals surface area contributed by atoms with Crippen LogP contribution in [-0.2, 0) is 23.7 Å². The molecule has 0 bridgehead atoms. The maximum atomic E-state index is 6.48. The summed E-state index contributed by atoms with van der Waals surface area (Å²) in [5.41, 5.74) is 0. The van der Waals surface area contributed by atoms with Crippen molar-refractivity contribution in [1.29, 1.82) is 0 Å². The summed E-state index contributed by atoms with van der Waals surface area (Å²) in [5, 5.41) is 0. The van der Waals surface area contributed by atoms with Gasteiger partial charge in [-0.2, -0.15) is 0 Å². The Labute approximate surface area is 161 Å². The summed E-state index contributed by atoms with van der Waals surface area (Å²) in [7, 11) is 0. The molecular formula is C21H42O5. The molecule has 1 fully saturated rings. The maximum absolute atomic E-state index is 6.48. The predicted octanol–water partition coefficient (Wildman–Crippen LogP) is 4.22. The van der Waals surface area contributed by atoms with E-state index >= 15 is 0 Å². The zero-order chi connectivity index (χ0) is 20.0. The van der Waals surface area contributed by atoms with Crippen LogP contribution in [0.1, 0.15) is 69.2 Å². The molecule has 1 heterocycles. The molecule has 1 saturated heterocycles. The van der Waals surface area contributed by atoms with Crippen LogP contribution in [0.15, 0.2) is 0 Å². The Bertz CT molecular complexity index is 381. The SMILES string of the molecule is CC(C)OCC1OC(C(C)C)C(OC(C)C)C(OC(C)C)C1OC(C)C. The van der Waals surface area contributed by atoms with Crippen LogP contribution in [0.3, 0.4) is 0 Å². The summed E-state index contributed by atoms with van der Waals surface area (Å²) in [6.45, 7) is 21.2. The van der Waals surface area contributed by atoms with Gasteiger partial charge in [-0.25, -0.2) is 0 Å². The fraction of sp³-hybridized carbons (Fsp3) is 1.00. The Morgan fingerprint density at radius 2 is 1.08 bits per heavy atom. The summed E-state index contributed by atoms with van der Waals surface area (Å²) in [6.07, 6.45) is -0.450. The first-order valence-corrected chi connectivity index (χ1v) is 10.3. The predicted molar refractivity (Wildman–Crippen MR) is 105 cm³/mol. The van der Waals surface area contributed by atoms with Gasteiger partial charge < -0.3 is 23.7 Å². The van der Waals surface area contributed by atoms with Crippen molar-refractivity contribution in [3.8, 4) is 0 Å². The van der Waals surface area contributed by atoms with E-state index in [4.69, 9.17) is 23.7 Å². The van der Waals surface area contributed by atoms with Crippen molar-refractivity contribution in [3.63, 3.8) is 0 Å². The Balaban J connectivity index is 3.19. The summed E-state index contributed by atoms with van der Waals surface area (Å²) in [5.74, 6) is 0.304. The van der Waals surface area contributed by atoms with Crippen molar-refractivity contribution in [2.24, 2.45) is 5.92 Å². The highest BCUT2D eigenvalue weighted by Crippen LogP contribution is 2.33. The first kappa shape index (κ1) is 23.8. The first-order chi connectivity index (χ1) is 12.0. The Kier molecular flexibility index (Phi) is 10.0. The molecule has 0 aromatic carbocycles. The van der Waals surface area contributed by atoms with E-state index in [1.807, 2.05) is 27.7 Å². The van der Waals surface area contributed by atoms with Crippen LogP contribution in [0.25, 0.3) is 0 Å². The van der Waals surface area contributed by atoms with Crippen molar-refractivity contribution in [1.82, 2.24) is 0 Å². The first-order valence-electron chi connectivity index (χ1n) is 10.3. The van der Waals surface area contributed by atoms with E-state index in [2.05, 4.69) is 41.5 Å². The van der Waals surface area contributed by atoms with Gasteiger partial charge in [-0.05, 0) is 61.3 Å². The minimum atomic E-state index is -0.227. The van der Waals surface area contributed by atoms with Crippen LogP contribution in [-0.4, -0.2) is 61.5 Å². The monoisotopic (exact) mass is 374 g/mol. The average molecular weight is 375 g/mol. The van der Waals surface area contributed by atoms with Crippen molar-refractivity contribution in [3.05, 3.63) is 0 Å². The van der Waals surface area contributed by atoms with Gasteiger partial charge in [0.2, 0.25) is 0 Å². The number of hydrogen-bond donors (Lipinski definition) is 0. The van der Waals surface area contributed by atoms with Crippen molar-refractivity contribution in [2.45, 2.75) is 124 Å². The van der Waals surface area contributed by atoms with Gasteiger partial charge in [-0.3, -0.25) is 0 Å². The molecule has 5 atom stereocenters. The average Bonchev–Trinajstić information content (AvgIpc) is 2.47. The van der Waals surface area contributed by atoms with Crippen molar-refractivity contribution < 1.29 is 23.7 Å². The summed E-state index contributed by atoms with van der Waals surface area (Å²) in [4.78, 5) is 0. The molecule has 0 spiro atoms. The second kappa shape index (κ2) is 11.0. The number of rotatable bonds is 10. The van der Waals surface area contributed by atoms with Crippen LogP contribution in [0.4, 0.5) is 0 Å². The van der Waals surface area contributed by atoms with E-state index in [9.17, 15) is 0 Å². The number of hydrogen-bond acceptors (Lipinski definition) is 5. The van der Waals surface area contributed by atoms with E-state index in [1.54, 1.807) is 0 Å². The van der Waals surface area contributed by atoms with Gasteiger partial charge in [0.1, 0.15) is 24.4 Å². The lowest BCUT2D eigenvalue weighted by Crippen LogP contribution is -2.63. The van der Waals surface area contributed by atoms with Crippen LogP contribution < -0.4 is 0 Å². The smallest absolute Gasteiger partial charge is 0.115 e. The number of ether oxygens (including phenoxy) is 5. The molecule has 1 aliphatic rings. The molecular weight excluding hydrogens is 332 g/mol. The quantitative estimate of drug-likeness (QED) is 0.573. The van der Waals surface area contributed by atoms with Gasteiger partial charge in [0.15, 0.2) is 0 Å². The van der Waals surface area contributed by atoms with E-state index < -0.39 is 0 Å². The molecule has 5 nitrogen and oxygen atoms in total. The second-order valence-corrected chi connectivity index (χ2v) is 8.71. The molecule has 1 aliphatic heterocycles. The van der Waals surface area contributed by atoms with Gasteiger partial charge >= 0.3 is 0 Å². The highest BCUT2D eigenvalue weighted by atomic mass is 16.6. The molecule has 156 valence electrons. The van der Waals surface area contributed by atoms with Gasteiger partial charge in [0.25, 0.3) is 0 Å². The van der Waals surface area contributed by atoms with E-state index in [1.165, 1.54) is 0 Å². The minimum Gasteiger partial charge on any atom is -0.376 e. The molecule has 0 aliphatic carbocycles. The molecule has 0 radical (unpaired) electrons. The third kappa shape index (κ3) is 7.43. The Hall–Kier alpha value is -0.200. The zero-order valence-electron chi connectivity index (χ0n) is 18.5. The molecule has 5 unspecified atom stereocenters. The van der Waals surface area contributed by atoms with E-state index in [-0.39, 0.29) is 54.9 Å². The van der Waals surface area contributed by atoms with Crippen LogP contribution >= 0.6 is 0 Å². The van der Waals surface area contributed by atoms with Gasteiger partial charge in [-0.1, -0.05) is 13.8 Å². The molecule has 0 aromatic rings. The highest BCUT2D eigenvalue weighted by molar-refractivity contribution is 4.97. The lowest BCUT2D eigenvalue weighted by Gasteiger charge is -2.49. The topological polar surface area (TPSA) is 46.2 Å². The van der Waals surface area contributed by atoms with Gasteiger partial charge in [-0.15, -0.1) is 0 Å². The Morgan fingerprint density at radius 3 is 1.50 bits per heavy atom. The van der Waals surface area contributed by atoms with Crippen LogP contribution in [0.5, 0.6) is 0 Å². The standard InChI is InChI=1S/C21H42O5/c1-12(2)18-20(24-15(7)8)21(25-16(9)10)19(23-14(5)6)17(26-18)11-22-13(3)4/h12-21H,11H2,1-10H3. The molecule has 0 saturated carbocycles. The zero-order valence-corrected chi connectivity index (χ0v) is 18.5. The summed E-state index contributed by atoms with van der Waals surface area (Å²) in [6, 6.07) is 0. The molecule has 5 heteroatoms. The normalized spacial score (nSPS) is 30.3. The molecule has 1 rings (SSSR count). The van der Waals surface area contributed by atoms with Gasteiger partial charge in [0.05, 0.1) is 37.1 Å². The lowest BCUT2D eigenvalue weighted by atomic mass is 9.88. The largest absolute Gasteiger partial charge is 0.376 e. The van der Waals surface area contributed by atoms with Crippen LogP contribution in [0.2, 0.25) is 0 Å². The maximum Gasteiger partial charge on any atom is 0.115 e. The Morgan fingerprint density at radius 1 is 0.615 bits per heavy atom. The van der Waals surface area contributed by atoms with E-state index in [0.717, 1.165) is 0 Å². The third-order valence-corrected chi connectivity index (χ3v) is 4.21. The van der Waals surface area contributed by atoms with E-state index in [0.29, 0.717) is 12.5 Å². The highest BCUT2D eigenvalue weighted by Gasteiger charge is 2.49. The lowest BCUT2D eigenvalue weighted by molar-refractivity contribution is -0.289.